The number of rotatable bonds is 6. The summed E-state index contributed by atoms with van der Waals surface area (Å²) in [5.74, 6) is 1.81. The molecule has 0 aliphatic carbocycles. The van der Waals surface area contributed by atoms with Crippen LogP contribution < -0.4 is 0 Å². The van der Waals surface area contributed by atoms with Gasteiger partial charge in [-0.3, -0.25) is 4.57 Å². The van der Waals surface area contributed by atoms with E-state index >= 15 is 0 Å². The van der Waals surface area contributed by atoms with E-state index in [9.17, 15) is 0 Å². The predicted molar refractivity (Wildman–Crippen MR) is 283 cm³/mol. The number of fused-ring (bicyclic) bond motifs is 13. The SMILES string of the molecule is c1ccc(-c2ccc(-c3nc(-c4ccccc4)nc(-n4c5ccccc5c5c6c7ccccc7c7cc8c(cc7c6ccc54)c4cc(-c5ccccc5)ccc4n8-c4ccccc4)n3)cc2)cc1. The molecular formula is C63H39N5. The third kappa shape index (κ3) is 5.93. The molecule has 0 aliphatic heterocycles. The molecule has 0 saturated carbocycles. The molecule has 0 bridgehead atoms. The molecule has 0 saturated heterocycles. The molecule has 5 heteroatoms. The lowest BCUT2D eigenvalue weighted by Crippen LogP contribution is -2.06. The van der Waals surface area contributed by atoms with Gasteiger partial charge in [-0.2, -0.15) is 9.97 Å². The molecule has 0 radical (unpaired) electrons. The van der Waals surface area contributed by atoms with E-state index in [1.165, 1.54) is 76.2 Å². The van der Waals surface area contributed by atoms with Gasteiger partial charge >= 0.3 is 0 Å². The van der Waals surface area contributed by atoms with Crippen LogP contribution in [0.4, 0.5) is 0 Å². The second kappa shape index (κ2) is 15.2. The first-order valence-corrected chi connectivity index (χ1v) is 23.1. The summed E-state index contributed by atoms with van der Waals surface area (Å²) in [5.41, 5.74) is 12.1. The Morgan fingerprint density at radius 3 is 1.41 bits per heavy atom. The van der Waals surface area contributed by atoms with E-state index in [2.05, 4.69) is 221 Å². The monoisotopic (exact) mass is 865 g/mol. The maximum absolute atomic E-state index is 5.32. The smallest absolute Gasteiger partial charge is 0.238 e. The zero-order valence-corrected chi connectivity index (χ0v) is 36.8. The van der Waals surface area contributed by atoms with Crippen LogP contribution in [0.2, 0.25) is 0 Å². The average Bonchev–Trinajstić information content (AvgIpc) is 3.93. The Morgan fingerprint density at radius 2 is 0.706 bits per heavy atom. The molecule has 0 aliphatic rings. The highest BCUT2D eigenvalue weighted by Crippen LogP contribution is 2.46. The Kier molecular flexibility index (Phi) is 8.52. The molecule has 3 aromatic heterocycles. The Balaban J connectivity index is 1.05. The highest BCUT2D eigenvalue weighted by Gasteiger charge is 2.23. The van der Waals surface area contributed by atoms with Crippen molar-refractivity contribution in [3.8, 4) is 56.7 Å². The Morgan fingerprint density at radius 1 is 0.235 bits per heavy atom. The second-order valence-corrected chi connectivity index (χ2v) is 17.6. The van der Waals surface area contributed by atoms with E-state index in [1.54, 1.807) is 0 Å². The number of benzene rings is 11. The van der Waals surface area contributed by atoms with Crippen LogP contribution in [0.25, 0.3) is 133 Å². The molecule has 3 heterocycles. The summed E-state index contributed by atoms with van der Waals surface area (Å²) in [7, 11) is 0. The molecule has 0 amide bonds. The van der Waals surface area contributed by atoms with Crippen molar-refractivity contribution in [3.05, 3.63) is 237 Å². The fraction of sp³-hybridized carbons (Fsp3) is 0. The molecule has 14 aromatic rings. The molecule has 0 atom stereocenters. The van der Waals surface area contributed by atoms with Crippen LogP contribution in [0.15, 0.2) is 237 Å². The molecule has 68 heavy (non-hydrogen) atoms. The molecule has 14 rings (SSSR count). The van der Waals surface area contributed by atoms with Crippen molar-refractivity contribution < 1.29 is 0 Å². The van der Waals surface area contributed by atoms with E-state index in [0.717, 1.165) is 38.8 Å². The Bertz CT molecular complexity index is 4270. The Hall–Kier alpha value is -9.19. The highest BCUT2D eigenvalue weighted by molar-refractivity contribution is 6.36. The zero-order valence-electron chi connectivity index (χ0n) is 36.8. The molecule has 0 unspecified atom stereocenters. The van der Waals surface area contributed by atoms with Gasteiger partial charge in [-0.05, 0) is 97.7 Å². The van der Waals surface area contributed by atoms with Gasteiger partial charge in [0.05, 0.1) is 22.1 Å². The van der Waals surface area contributed by atoms with Gasteiger partial charge in [0.15, 0.2) is 11.6 Å². The normalized spacial score (nSPS) is 11.8. The van der Waals surface area contributed by atoms with E-state index in [0.29, 0.717) is 17.6 Å². The summed E-state index contributed by atoms with van der Waals surface area (Å²) < 4.78 is 4.67. The van der Waals surface area contributed by atoms with Crippen LogP contribution in [-0.2, 0) is 0 Å². The van der Waals surface area contributed by atoms with Crippen LogP contribution in [0.3, 0.4) is 0 Å². The fourth-order valence-corrected chi connectivity index (χ4v) is 10.6. The van der Waals surface area contributed by atoms with Gasteiger partial charge in [0, 0.05) is 43.7 Å². The fourth-order valence-electron chi connectivity index (χ4n) is 10.6. The molecular weight excluding hydrogens is 827 g/mol. The average molecular weight is 866 g/mol. The minimum Gasteiger partial charge on any atom is -0.309 e. The van der Waals surface area contributed by atoms with Crippen molar-refractivity contribution in [1.29, 1.82) is 0 Å². The number of nitrogens with zero attached hydrogens (tertiary/aromatic N) is 5. The molecule has 0 spiro atoms. The van der Waals surface area contributed by atoms with Crippen LogP contribution in [0.5, 0.6) is 0 Å². The highest BCUT2D eigenvalue weighted by atomic mass is 15.2. The van der Waals surface area contributed by atoms with Crippen LogP contribution in [0, 0.1) is 0 Å². The van der Waals surface area contributed by atoms with Crippen molar-refractivity contribution in [3.63, 3.8) is 0 Å². The van der Waals surface area contributed by atoms with E-state index in [-0.39, 0.29) is 0 Å². The first-order chi connectivity index (χ1) is 33.7. The number of para-hydroxylation sites is 2. The lowest BCUT2D eigenvalue weighted by molar-refractivity contribution is 0.953. The first kappa shape index (κ1) is 38.1. The summed E-state index contributed by atoms with van der Waals surface area (Å²) in [5, 5.41) is 12.0. The maximum Gasteiger partial charge on any atom is 0.238 e. The molecule has 0 fully saturated rings. The maximum atomic E-state index is 5.32. The van der Waals surface area contributed by atoms with Crippen LogP contribution >= 0.6 is 0 Å². The van der Waals surface area contributed by atoms with Crippen molar-refractivity contribution in [1.82, 2.24) is 24.1 Å². The van der Waals surface area contributed by atoms with Gasteiger partial charge in [-0.1, -0.05) is 188 Å². The summed E-state index contributed by atoms with van der Waals surface area (Å²) in [6.07, 6.45) is 0. The summed E-state index contributed by atoms with van der Waals surface area (Å²) >= 11 is 0. The van der Waals surface area contributed by atoms with Crippen molar-refractivity contribution in [2.45, 2.75) is 0 Å². The lowest BCUT2D eigenvalue weighted by Gasteiger charge is -2.14. The van der Waals surface area contributed by atoms with Gasteiger partial charge < -0.3 is 4.57 Å². The molecule has 5 nitrogen and oxygen atoms in total. The quantitative estimate of drug-likeness (QED) is 0.156. The lowest BCUT2D eigenvalue weighted by atomic mass is 9.91. The van der Waals surface area contributed by atoms with Gasteiger partial charge in [0.2, 0.25) is 5.95 Å². The number of hydrogen-bond donors (Lipinski definition) is 0. The minimum atomic E-state index is 0.571. The van der Waals surface area contributed by atoms with Gasteiger partial charge in [0.25, 0.3) is 0 Å². The van der Waals surface area contributed by atoms with E-state index < -0.39 is 0 Å². The topological polar surface area (TPSA) is 48.5 Å². The van der Waals surface area contributed by atoms with Gasteiger partial charge in [0.1, 0.15) is 0 Å². The van der Waals surface area contributed by atoms with E-state index in [4.69, 9.17) is 15.0 Å². The molecule has 316 valence electrons. The number of hydrogen-bond acceptors (Lipinski definition) is 3. The first-order valence-electron chi connectivity index (χ1n) is 23.1. The standard InChI is InChI=1S/C63H39N5/c1-5-17-40(18-6-1)42-29-31-44(32-30-42)62-64-61(43-21-9-3-10-22-43)65-63(66-62)68-55-28-16-15-27-50(55)60-57(68)36-34-49-51-38-54-53-37-45(41-19-7-2-8-20-41)33-35-56(53)67(46-23-11-4-12-24-46)58(54)39-52(51)47-25-13-14-26-48(47)59(49)60/h1-39H. The summed E-state index contributed by atoms with van der Waals surface area (Å²) in [6, 6.07) is 84.6. The molecule has 11 aromatic carbocycles. The van der Waals surface area contributed by atoms with Crippen LogP contribution in [0.1, 0.15) is 0 Å². The summed E-state index contributed by atoms with van der Waals surface area (Å²) in [6.45, 7) is 0. The van der Waals surface area contributed by atoms with Crippen molar-refractivity contribution >= 4 is 75.9 Å². The Labute approximate surface area is 391 Å². The number of aromatic nitrogens is 5. The van der Waals surface area contributed by atoms with Crippen LogP contribution in [-0.4, -0.2) is 24.1 Å². The predicted octanol–water partition coefficient (Wildman–Crippen LogP) is 16.2. The minimum absolute atomic E-state index is 0.571. The zero-order chi connectivity index (χ0) is 44.7. The van der Waals surface area contributed by atoms with Gasteiger partial charge in [-0.25, -0.2) is 4.98 Å². The van der Waals surface area contributed by atoms with Crippen molar-refractivity contribution in [2.24, 2.45) is 0 Å². The largest absolute Gasteiger partial charge is 0.309 e. The van der Waals surface area contributed by atoms with E-state index in [1.807, 2.05) is 24.3 Å². The molecule has 0 N–H and O–H groups in total. The van der Waals surface area contributed by atoms with Gasteiger partial charge in [-0.15, -0.1) is 0 Å². The van der Waals surface area contributed by atoms with Crippen molar-refractivity contribution in [2.75, 3.05) is 0 Å². The third-order valence-corrected chi connectivity index (χ3v) is 13.7. The second-order valence-electron chi connectivity index (χ2n) is 17.6. The third-order valence-electron chi connectivity index (χ3n) is 13.7. The summed E-state index contributed by atoms with van der Waals surface area (Å²) in [4.78, 5) is 15.7.